The Hall–Kier alpha value is -1.25. The van der Waals surface area contributed by atoms with Crippen molar-refractivity contribution >= 4 is 11.9 Å². The zero-order chi connectivity index (χ0) is 22.4. The third-order valence-electron chi connectivity index (χ3n) is 6.85. The van der Waals surface area contributed by atoms with Crippen LogP contribution in [0.25, 0.3) is 0 Å². The molecule has 2 unspecified atom stereocenters. The number of nitrogens with one attached hydrogen (secondary N) is 4. The van der Waals surface area contributed by atoms with Crippen molar-refractivity contribution in [3.8, 4) is 0 Å². The maximum Gasteiger partial charge on any atom is 0.229 e. The fourth-order valence-electron chi connectivity index (χ4n) is 4.85. The van der Waals surface area contributed by atoms with Crippen molar-refractivity contribution in [3.05, 3.63) is 0 Å². The molecule has 31 heavy (non-hydrogen) atoms. The van der Waals surface area contributed by atoms with Crippen molar-refractivity contribution in [2.45, 2.75) is 103 Å². The summed E-state index contributed by atoms with van der Waals surface area (Å²) in [7, 11) is 1.74. The van der Waals surface area contributed by atoms with Crippen LogP contribution in [-0.4, -0.2) is 50.0 Å². The number of hydrazine groups is 1. The Labute approximate surface area is 186 Å². The second-order valence-corrected chi connectivity index (χ2v) is 10.8. The molecule has 3 fully saturated rings. The summed E-state index contributed by atoms with van der Waals surface area (Å²) in [5.41, 5.74) is 6.72. The molecule has 8 heteroatoms. The molecule has 1 amide bonds. The van der Waals surface area contributed by atoms with Gasteiger partial charge in [-0.25, -0.2) is 9.82 Å². The molecule has 0 spiro atoms. The first kappa shape index (κ1) is 24.4. The molecule has 1 aliphatic heterocycles. The summed E-state index contributed by atoms with van der Waals surface area (Å²) < 4.78 is 18.9. The Morgan fingerprint density at radius 1 is 1.06 bits per heavy atom. The lowest BCUT2D eigenvalue weighted by molar-refractivity contribution is -0.125. The second kappa shape index (κ2) is 11.1. The number of methoxy groups -OCH3 is 1. The highest BCUT2D eigenvalue weighted by atomic mass is 19.1. The van der Waals surface area contributed by atoms with Crippen LogP contribution < -0.4 is 21.5 Å². The number of guanidine groups is 1. The number of hydrogen-bond donors (Lipinski definition) is 4. The van der Waals surface area contributed by atoms with Crippen molar-refractivity contribution in [3.63, 3.8) is 0 Å². The number of aliphatic imine (C=N–C) groups is 1. The highest BCUT2D eigenvalue weighted by Crippen LogP contribution is 2.31. The number of halogens is 1. The van der Waals surface area contributed by atoms with E-state index in [2.05, 4.69) is 42.3 Å². The van der Waals surface area contributed by atoms with Crippen LogP contribution in [0.5, 0.6) is 0 Å². The van der Waals surface area contributed by atoms with Gasteiger partial charge in [-0.1, -0.05) is 20.8 Å². The number of carbonyl (C=O) groups excluding carboxylic acids is 1. The number of ether oxygens (including phenoxy) is 1. The van der Waals surface area contributed by atoms with Gasteiger partial charge in [-0.3, -0.25) is 20.5 Å². The van der Waals surface area contributed by atoms with Crippen molar-refractivity contribution in [1.82, 2.24) is 21.5 Å². The molecule has 0 aromatic rings. The van der Waals surface area contributed by atoms with Gasteiger partial charge in [0.05, 0.1) is 12.3 Å². The monoisotopic (exact) mass is 439 g/mol. The Balaban J connectivity index is 1.54. The predicted molar refractivity (Wildman–Crippen MR) is 121 cm³/mol. The van der Waals surface area contributed by atoms with Crippen LogP contribution in [-0.2, 0) is 9.53 Å². The molecule has 1 heterocycles. The second-order valence-electron chi connectivity index (χ2n) is 10.8. The van der Waals surface area contributed by atoms with Crippen molar-refractivity contribution in [2.75, 3.05) is 13.7 Å². The zero-order valence-electron chi connectivity index (χ0n) is 19.7. The first-order valence-electron chi connectivity index (χ1n) is 12.0. The molecule has 0 aromatic carbocycles. The van der Waals surface area contributed by atoms with Gasteiger partial charge in [0, 0.05) is 25.6 Å². The van der Waals surface area contributed by atoms with E-state index in [1.165, 1.54) is 0 Å². The van der Waals surface area contributed by atoms with Crippen molar-refractivity contribution < 1.29 is 13.9 Å². The molecule has 0 aromatic heterocycles. The van der Waals surface area contributed by atoms with Gasteiger partial charge in [0.15, 0.2) is 5.96 Å². The SMILES string of the molecule is COC1CCC(C(=O)NC(=NCC(C)(C)C)NC2CC(C3CCC(F)CC3)NN2)CC1. The molecule has 0 bridgehead atoms. The van der Waals surface area contributed by atoms with E-state index in [1.54, 1.807) is 7.11 Å². The van der Waals surface area contributed by atoms with Crippen LogP contribution in [0.3, 0.4) is 0 Å². The minimum absolute atomic E-state index is 0.00586. The maximum absolute atomic E-state index is 13.5. The number of rotatable bonds is 5. The van der Waals surface area contributed by atoms with Gasteiger partial charge >= 0.3 is 0 Å². The summed E-state index contributed by atoms with van der Waals surface area (Å²) in [6.45, 7) is 7.02. The topological polar surface area (TPSA) is 86.8 Å². The van der Waals surface area contributed by atoms with E-state index >= 15 is 0 Å². The molecule has 7 nitrogen and oxygen atoms in total. The lowest BCUT2D eigenvalue weighted by atomic mass is 9.82. The quantitative estimate of drug-likeness (QED) is 0.391. The minimum Gasteiger partial charge on any atom is -0.381 e. The number of amides is 1. The fraction of sp³-hybridized carbons (Fsp3) is 0.913. The van der Waals surface area contributed by atoms with Crippen LogP contribution >= 0.6 is 0 Å². The zero-order valence-corrected chi connectivity index (χ0v) is 19.7. The Kier molecular flexibility index (Phi) is 8.70. The van der Waals surface area contributed by atoms with Gasteiger partial charge < -0.3 is 10.1 Å². The van der Waals surface area contributed by atoms with Crippen LogP contribution in [0.2, 0.25) is 0 Å². The molecule has 0 radical (unpaired) electrons. The van der Waals surface area contributed by atoms with Gasteiger partial charge in [0.2, 0.25) is 5.91 Å². The van der Waals surface area contributed by atoms with E-state index in [1.807, 2.05) is 0 Å². The molecule has 4 N–H and O–H groups in total. The van der Waals surface area contributed by atoms with Crippen molar-refractivity contribution in [1.29, 1.82) is 0 Å². The summed E-state index contributed by atoms with van der Waals surface area (Å²) in [5, 5.41) is 6.46. The van der Waals surface area contributed by atoms with E-state index in [4.69, 9.17) is 9.73 Å². The number of nitrogens with zero attached hydrogens (tertiary/aromatic N) is 1. The predicted octanol–water partition coefficient (Wildman–Crippen LogP) is 3.02. The highest BCUT2D eigenvalue weighted by molar-refractivity contribution is 5.98. The average Bonchev–Trinajstić information content (AvgIpc) is 3.20. The molecular weight excluding hydrogens is 397 g/mol. The standard InChI is InChI=1S/C23H42FN5O2/c1-23(2,3)14-25-22(27-21(30)16-7-11-18(31-4)12-8-16)26-20-13-19(28-29-20)15-5-9-17(24)10-6-15/h15-20,28-29H,5-14H2,1-4H3,(H2,25,26,27,30). The van der Waals surface area contributed by atoms with Crippen LogP contribution in [0.1, 0.15) is 78.6 Å². The fourth-order valence-corrected chi connectivity index (χ4v) is 4.85. The number of hydrogen-bond acceptors (Lipinski definition) is 5. The first-order chi connectivity index (χ1) is 14.7. The smallest absolute Gasteiger partial charge is 0.229 e. The summed E-state index contributed by atoms with van der Waals surface area (Å²) in [5.74, 6) is 1.08. The number of alkyl halides is 1. The lowest BCUT2D eigenvalue weighted by Gasteiger charge is -2.28. The van der Waals surface area contributed by atoms with Crippen LogP contribution in [0.15, 0.2) is 4.99 Å². The Morgan fingerprint density at radius 3 is 2.35 bits per heavy atom. The van der Waals surface area contributed by atoms with Gasteiger partial charge in [-0.05, 0) is 69.1 Å². The molecule has 2 aliphatic carbocycles. The summed E-state index contributed by atoms with van der Waals surface area (Å²) in [6.07, 6.45) is 7.24. The van der Waals surface area contributed by atoms with Crippen LogP contribution in [0, 0.1) is 17.3 Å². The van der Waals surface area contributed by atoms with Gasteiger partial charge in [0.25, 0.3) is 0 Å². The normalized spacial score (nSPS) is 35.1. The molecular formula is C23H42FN5O2. The van der Waals surface area contributed by atoms with E-state index in [0.29, 0.717) is 37.3 Å². The van der Waals surface area contributed by atoms with E-state index < -0.39 is 6.17 Å². The molecule has 3 aliphatic rings. The van der Waals surface area contributed by atoms with E-state index in [9.17, 15) is 9.18 Å². The number of carbonyl (C=O) groups is 1. The maximum atomic E-state index is 13.5. The van der Waals surface area contributed by atoms with E-state index in [-0.39, 0.29) is 29.5 Å². The van der Waals surface area contributed by atoms with Gasteiger partial charge in [-0.15, -0.1) is 0 Å². The minimum atomic E-state index is -0.634. The molecule has 2 atom stereocenters. The van der Waals surface area contributed by atoms with Gasteiger partial charge in [0.1, 0.15) is 6.17 Å². The Bertz CT molecular complexity index is 608. The third-order valence-corrected chi connectivity index (χ3v) is 6.85. The first-order valence-corrected chi connectivity index (χ1v) is 12.0. The summed E-state index contributed by atoms with van der Waals surface area (Å²) >= 11 is 0. The summed E-state index contributed by atoms with van der Waals surface area (Å²) in [6, 6.07) is 0.314. The lowest BCUT2D eigenvalue weighted by Crippen LogP contribution is -2.52. The third kappa shape index (κ3) is 7.68. The van der Waals surface area contributed by atoms with Gasteiger partial charge in [-0.2, -0.15) is 0 Å². The molecule has 3 rings (SSSR count). The molecule has 1 saturated heterocycles. The van der Waals surface area contributed by atoms with Crippen LogP contribution in [0.4, 0.5) is 4.39 Å². The average molecular weight is 440 g/mol. The summed E-state index contributed by atoms with van der Waals surface area (Å²) in [4.78, 5) is 17.6. The van der Waals surface area contributed by atoms with Crippen molar-refractivity contribution in [2.24, 2.45) is 22.2 Å². The highest BCUT2D eigenvalue weighted by Gasteiger charge is 2.34. The molecule has 178 valence electrons. The molecule has 2 saturated carbocycles. The van der Waals surface area contributed by atoms with E-state index in [0.717, 1.165) is 44.9 Å². The Morgan fingerprint density at radius 2 is 1.74 bits per heavy atom. The largest absolute Gasteiger partial charge is 0.381 e.